The van der Waals surface area contributed by atoms with E-state index in [0.717, 1.165) is 30.5 Å². The molecule has 0 amide bonds. The van der Waals surface area contributed by atoms with Crippen LogP contribution in [0.5, 0.6) is 0 Å². The van der Waals surface area contributed by atoms with Crippen LogP contribution in [-0.2, 0) is 22.3 Å². The van der Waals surface area contributed by atoms with Gasteiger partial charge in [-0.05, 0) is 24.6 Å². The summed E-state index contributed by atoms with van der Waals surface area (Å²) in [4.78, 5) is 4.24. The van der Waals surface area contributed by atoms with Crippen LogP contribution in [-0.4, -0.2) is 28.0 Å². The van der Waals surface area contributed by atoms with Gasteiger partial charge in [-0.1, -0.05) is 37.6 Å². The lowest BCUT2D eigenvalue weighted by Gasteiger charge is -2.05. The highest BCUT2D eigenvalue weighted by Gasteiger charge is 2.07. The molecule has 0 aromatic heterocycles. The van der Waals surface area contributed by atoms with Crippen LogP contribution in [0.1, 0.15) is 30.9 Å². The van der Waals surface area contributed by atoms with Crippen LogP contribution in [0.25, 0.3) is 0 Å². The molecule has 0 heterocycles. The highest BCUT2D eigenvalue weighted by molar-refractivity contribution is 7.88. The van der Waals surface area contributed by atoms with E-state index in [9.17, 15) is 8.42 Å². The second-order valence-electron chi connectivity index (χ2n) is 4.76. The van der Waals surface area contributed by atoms with Gasteiger partial charge in [0.2, 0.25) is 10.0 Å². The van der Waals surface area contributed by atoms with Gasteiger partial charge >= 0.3 is 0 Å². The normalized spacial score (nSPS) is 12.4. The summed E-state index contributed by atoms with van der Waals surface area (Å²) < 4.78 is 25.2. The molecule has 0 atom stereocenters. The highest BCUT2D eigenvalue weighted by Crippen LogP contribution is 2.08. The first-order valence-corrected chi connectivity index (χ1v) is 8.65. The molecular formula is C14H24N4O2S. The molecule has 0 aliphatic heterocycles. The molecule has 6 nitrogen and oxygen atoms in total. The Balaban J connectivity index is 2.53. The maximum atomic E-state index is 11.4. The van der Waals surface area contributed by atoms with Crippen LogP contribution in [0.3, 0.4) is 0 Å². The first-order valence-electron chi connectivity index (χ1n) is 6.99. The topological polar surface area (TPSA) is 96.6 Å². The van der Waals surface area contributed by atoms with Gasteiger partial charge in [0, 0.05) is 6.54 Å². The SMILES string of the molecule is CCCCNC(N)=NCc1ccc(CS(=O)(=O)NC)cc1. The lowest BCUT2D eigenvalue weighted by Crippen LogP contribution is -2.32. The summed E-state index contributed by atoms with van der Waals surface area (Å²) in [6.45, 7) is 3.42. The minimum atomic E-state index is -3.23. The predicted molar refractivity (Wildman–Crippen MR) is 86.4 cm³/mol. The Morgan fingerprint density at radius 2 is 1.86 bits per heavy atom. The quantitative estimate of drug-likeness (QED) is 0.378. The number of nitrogens with one attached hydrogen (secondary N) is 2. The van der Waals surface area contributed by atoms with E-state index in [1.165, 1.54) is 7.05 Å². The van der Waals surface area contributed by atoms with Gasteiger partial charge in [-0.2, -0.15) is 0 Å². The average molecular weight is 312 g/mol. The first kappa shape index (κ1) is 17.5. The van der Waals surface area contributed by atoms with E-state index in [-0.39, 0.29) is 5.75 Å². The van der Waals surface area contributed by atoms with Crippen LogP contribution in [0.4, 0.5) is 0 Å². The van der Waals surface area contributed by atoms with Crippen molar-refractivity contribution in [2.75, 3.05) is 13.6 Å². The zero-order valence-electron chi connectivity index (χ0n) is 12.6. The molecule has 1 rings (SSSR count). The largest absolute Gasteiger partial charge is 0.370 e. The summed E-state index contributed by atoms with van der Waals surface area (Å²) in [6.07, 6.45) is 2.17. The molecule has 0 aliphatic carbocycles. The van der Waals surface area contributed by atoms with E-state index in [1.54, 1.807) is 12.1 Å². The standard InChI is InChI=1S/C14H24N4O2S/c1-3-4-9-17-14(15)18-10-12-5-7-13(8-6-12)11-21(19,20)16-2/h5-8,16H,3-4,9-11H2,1-2H3,(H3,15,17,18). The molecule has 7 heteroatoms. The second kappa shape index (κ2) is 8.63. The third kappa shape index (κ3) is 7.10. The lowest BCUT2D eigenvalue weighted by molar-refractivity contribution is 0.587. The van der Waals surface area contributed by atoms with Crippen molar-refractivity contribution in [3.63, 3.8) is 0 Å². The number of sulfonamides is 1. The van der Waals surface area contributed by atoms with Gasteiger partial charge in [0.05, 0.1) is 12.3 Å². The molecule has 118 valence electrons. The van der Waals surface area contributed by atoms with E-state index in [1.807, 2.05) is 12.1 Å². The van der Waals surface area contributed by atoms with Crippen LogP contribution in [0.2, 0.25) is 0 Å². The van der Waals surface area contributed by atoms with E-state index < -0.39 is 10.0 Å². The molecule has 0 spiro atoms. The zero-order chi connectivity index (χ0) is 15.7. The Kier molecular flexibility index (Phi) is 7.18. The summed E-state index contributed by atoms with van der Waals surface area (Å²) in [7, 11) is -1.82. The van der Waals surface area contributed by atoms with Crippen molar-refractivity contribution < 1.29 is 8.42 Å². The number of hydrogen-bond donors (Lipinski definition) is 3. The van der Waals surface area contributed by atoms with Crippen molar-refractivity contribution >= 4 is 16.0 Å². The number of aliphatic imine (C=N–C) groups is 1. The molecule has 21 heavy (non-hydrogen) atoms. The molecule has 0 radical (unpaired) electrons. The number of nitrogens with two attached hydrogens (primary N) is 1. The second-order valence-corrected chi connectivity index (χ2v) is 6.69. The number of hydrogen-bond acceptors (Lipinski definition) is 3. The molecular weight excluding hydrogens is 288 g/mol. The predicted octanol–water partition coefficient (Wildman–Crippen LogP) is 0.940. The summed E-state index contributed by atoms with van der Waals surface area (Å²) in [5, 5.41) is 3.04. The van der Waals surface area contributed by atoms with Crippen molar-refractivity contribution in [1.82, 2.24) is 10.0 Å². The Bertz CT molecular complexity index is 553. The number of nitrogens with zero attached hydrogens (tertiary/aromatic N) is 1. The van der Waals surface area contributed by atoms with Gasteiger partial charge in [-0.3, -0.25) is 0 Å². The fourth-order valence-electron chi connectivity index (χ4n) is 1.66. The van der Waals surface area contributed by atoms with Crippen molar-refractivity contribution in [3.05, 3.63) is 35.4 Å². The third-order valence-electron chi connectivity index (χ3n) is 2.96. The minimum Gasteiger partial charge on any atom is -0.370 e. The smallest absolute Gasteiger partial charge is 0.215 e. The molecule has 1 aromatic carbocycles. The Hall–Kier alpha value is -1.60. The molecule has 0 bridgehead atoms. The van der Waals surface area contributed by atoms with Crippen molar-refractivity contribution in [3.8, 4) is 0 Å². The van der Waals surface area contributed by atoms with Crippen LogP contribution < -0.4 is 15.8 Å². The molecule has 1 aromatic rings. The van der Waals surface area contributed by atoms with E-state index in [0.29, 0.717) is 12.5 Å². The lowest BCUT2D eigenvalue weighted by atomic mass is 10.1. The summed E-state index contributed by atoms with van der Waals surface area (Å²) in [5.74, 6) is 0.415. The molecule has 0 aliphatic rings. The summed E-state index contributed by atoms with van der Waals surface area (Å²) in [6, 6.07) is 7.31. The Morgan fingerprint density at radius 1 is 1.24 bits per heavy atom. The fraction of sp³-hybridized carbons (Fsp3) is 0.500. The highest BCUT2D eigenvalue weighted by atomic mass is 32.2. The minimum absolute atomic E-state index is 0.0201. The fourth-order valence-corrected chi connectivity index (χ4v) is 2.43. The number of benzene rings is 1. The number of rotatable bonds is 8. The monoisotopic (exact) mass is 312 g/mol. The van der Waals surface area contributed by atoms with Crippen LogP contribution in [0, 0.1) is 0 Å². The number of unbranched alkanes of at least 4 members (excludes halogenated alkanes) is 1. The molecule has 0 saturated carbocycles. The zero-order valence-corrected chi connectivity index (χ0v) is 13.4. The van der Waals surface area contributed by atoms with Gasteiger partial charge < -0.3 is 11.1 Å². The van der Waals surface area contributed by atoms with Crippen molar-refractivity contribution in [2.45, 2.75) is 32.1 Å². The maximum absolute atomic E-state index is 11.4. The Morgan fingerprint density at radius 3 is 2.43 bits per heavy atom. The molecule has 0 saturated heterocycles. The van der Waals surface area contributed by atoms with Crippen molar-refractivity contribution in [2.24, 2.45) is 10.7 Å². The van der Waals surface area contributed by atoms with E-state index in [4.69, 9.17) is 5.73 Å². The average Bonchev–Trinajstić information content (AvgIpc) is 2.46. The van der Waals surface area contributed by atoms with Gasteiger partial charge in [0.15, 0.2) is 5.96 Å². The molecule has 0 unspecified atom stereocenters. The van der Waals surface area contributed by atoms with Crippen LogP contribution >= 0.6 is 0 Å². The summed E-state index contributed by atoms with van der Waals surface area (Å²) in [5.41, 5.74) is 7.47. The number of guanidine groups is 1. The summed E-state index contributed by atoms with van der Waals surface area (Å²) >= 11 is 0. The Labute approximate surface area is 126 Å². The van der Waals surface area contributed by atoms with Crippen LogP contribution in [0.15, 0.2) is 29.3 Å². The van der Waals surface area contributed by atoms with Gasteiger partial charge in [-0.15, -0.1) is 0 Å². The molecule has 0 fully saturated rings. The van der Waals surface area contributed by atoms with Gasteiger partial charge in [0.1, 0.15) is 0 Å². The van der Waals surface area contributed by atoms with Gasteiger partial charge in [0.25, 0.3) is 0 Å². The van der Waals surface area contributed by atoms with E-state index in [2.05, 4.69) is 22.0 Å². The van der Waals surface area contributed by atoms with Gasteiger partial charge in [-0.25, -0.2) is 18.1 Å². The molecule has 4 N–H and O–H groups in total. The van der Waals surface area contributed by atoms with Crippen molar-refractivity contribution in [1.29, 1.82) is 0 Å². The first-order chi connectivity index (χ1) is 9.96. The van der Waals surface area contributed by atoms with E-state index >= 15 is 0 Å². The maximum Gasteiger partial charge on any atom is 0.215 e. The third-order valence-corrected chi connectivity index (χ3v) is 4.29.